The Balaban J connectivity index is 2.69. The van der Waals surface area contributed by atoms with E-state index < -0.39 is 5.97 Å². The molecule has 0 aliphatic heterocycles. The van der Waals surface area contributed by atoms with E-state index in [0.717, 1.165) is 0 Å². The maximum absolute atomic E-state index is 10.6. The lowest BCUT2D eigenvalue weighted by Crippen LogP contribution is -2.19. The summed E-state index contributed by atoms with van der Waals surface area (Å²) >= 11 is 0. The lowest BCUT2D eigenvalue weighted by atomic mass is 10.3. The molecule has 1 aromatic rings. The highest BCUT2D eigenvalue weighted by Crippen LogP contribution is 2.09. The summed E-state index contributed by atoms with van der Waals surface area (Å²) in [7, 11) is 1.57. The van der Waals surface area contributed by atoms with Crippen molar-refractivity contribution in [1.82, 2.24) is 4.98 Å². The van der Waals surface area contributed by atoms with Crippen LogP contribution in [0.2, 0.25) is 0 Å². The fourth-order valence-corrected chi connectivity index (χ4v) is 1.07. The molecule has 15 heavy (non-hydrogen) atoms. The Labute approximate surface area is 87.7 Å². The fourth-order valence-electron chi connectivity index (χ4n) is 1.07. The summed E-state index contributed by atoms with van der Waals surface area (Å²) in [5.41, 5.74) is -0.0304. The van der Waals surface area contributed by atoms with Gasteiger partial charge in [-0.1, -0.05) is 6.07 Å². The van der Waals surface area contributed by atoms with E-state index in [9.17, 15) is 4.79 Å². The van der Waals surface area contributed by atoms with E-state index in [1.807, 2.05) is 6.92 Å². The van der Waals surface area contributed by atoms with Crippen LogP contribution >= 0.6 is 0 Å². The highest BCUT2D eigenvalue weighted by molar-refractivity contribution is 5.85. The van der Waals surface area contributed by atoms with Crippen LogP contribution in [0.25, 0.3) is 0 Å². The average Bonchev–Trinajstić information content (AvgIpc) is 2.18. The van der Waals surface area contributed by atoms with Gasteiger partial charge in [0.25, 0.3) is 0 Å². The first-order valence-corrected chi connectivity index (χ1v) is 4.49. The summed E-state index contributed by atoms with van der Waals surface area (Å²) in [4.78, 5) is 14.4. The van der Waals surface area contributed by atoms with Crippen molar-refractivity contribution in [3.8, 4) is 5.88 Å². The standard InChI is InChI=1S/C10H13NO4/c1-7(6-14-2)15-9-5-3-4-8(11-9)10(12)13/h3-5,7H,6H2,1-2H3,(H,12,13). The number of carbonyl (C=O) groups is 1. The molecule has 0 radical (unpaired) electrons. The minimum atomic E-state index is -1.07. The van der Waals surface area contributed by atoms with E-state index in [2.05, 4.69) is 4.98 Å². The van der Waals surface area contributed by atoms with Crippen LogP contribution in [-0.2, 0) is 4.74 Å². The molecule has 1 heterocycles. The quantitative estimate of drug-likeness (QED) is 0.792. The van der Waals surface area contributed by atoms with E-state index in [1.165, 1.54) is 6.07 Å². The van der Waals surface area contributed by atoms with Crippen molar-refractivity contribution in [3.63, 3.8) is 0 Å². The molecule has 1 N–H and O–H groups in total. The van der Waals surface area contributed by atoms with Gasteiger partial charge in [0.2, 0.25) is 5.88 Å². The molecule has 0 spiro atoms. The van der Waals surface area contributed by atoms with Gasteiger partial charge in [-0.05, 0) is 13.0 Å². The van der Waals surface area contributed by atoms with Gasteiger partial charge in [0, 0.05) is 13.2 Å². The number of hydrogen-bond donors (Lipinski definition) is 1. The molecular formula is C10H13NO4. The number of aromatic carboxylic acids is 1. The normalized spacial score (nSPS) is 12.1. The number of carboxylic acids is 1. The van der Waals surface area contributed by atoms with Crippen LogP contribution in [0.1, 0.15) is 17.4 Å². The molecule has 0 aromatic carbocycles. The summed E-state index contributed by atoms with van der Waals surface area (Å²) in [6.45, 7) is 2.25. The topological polar surface area (TPSA) is 68.7 Å². The van der Waals surface area contributed by atoms with Gasteiger partial charge in [0.1, 0.15) is 6.10 Å². The second-order valence-corrected chi connectivity index (χ2v) is 3.05. The van der Waals surface area contributed by atoms with Gasteiger partial charge in [0.05, 0.1) is 6.61 Å². The number of carboxylic acid groups (broad SMARTS) is 1. The van der Waals surface area contributed by atoms with Crippen LogP contribution in [0.15, 0.2) is 18.2 Å². The van der Waals surface area contributed by atoms with Crippen LogP contribution in [0.4, 0.5) is 0 Å². The molecule has 82 valence electrons. The molecule has 1 rings (SSSR count). The van der Waals surface area contributed by atoms with Crippen LogP contribution in [0, 0.1) is 0 Å². The first-order chi connectivity index (χ1) is 7.13. The van der Waals surface area contributed by atoms with E-state index in [1.54, 1.807) is 19.2 Å². The zero-order chi connectivity index (χ0) is 11.3. The van der Waals surface area contributed by atoms with Crippen molar-refractivity contribution < 1.29 is 19.4 Å². The van der Waals surface area contributed by atoms with Crippen molar-refractivity contribution in [2.75, 3.05) is 13.7 Å². The number of nitrogens with zero attached hydrogens (tertiary/aromatic N) is 1. The fraction of sp³-hybridized carbons (Fsp3) is 0.400. The van der Waals surface area contributed by atoms with Crippen molar-refractivity contribution >= 4 is 5.97 Å². The van der Waals surface area contributed by atoms with E-state index in [-0.39, 0.29) is 11.8 Å². The van der Waals surface area contributed by atoms with Crippen molar-refractivity contribution in [3.05, 3.63) is 23.9 Å². The Morgan fingerprint density at radius 2 is 2.33 bits per heavy atom. The third kappa shape index (κ3) is 3.55. The Hall–Kier alpha value is -1.62. The highest BCUT2D eigenvalue weighted by atomic mass is 16.5. The van der Waals surface area contributed by atoms with Gasteiger partial charge in [-0.2, -0.15) is 0 Å². The Morgan fingerprint density at radius 3 is 2.93 bits per heavy atom. The summed E-state index contributed by atoms with van der Waals surface area (Å²) in [6, 6.07) is 4.61. The molecule has 0 aliphatic carbocycles. The highest BCUT2D eigenvalue weighted by Gasteiger charge is 2.08. The zero-order valence-corrected chi connectivity index (χ0v) is 8.64. The Bertz CT molecular complexity index is 340. The third-order valence-corrected chi connectivity index (χ3v) is 1.67. The van der Waals surface area contributed by atoms with Crippen molar-refractivity contribution in [1.29, 1.82) is 0 Å². The number of hydrogen-bond acceptors (Lipinski definition) is 4. The molecule has 0 bridgehead atoms. The van der Waals surface area contributed by atoms with E-state index in [0.29, 0.717) is 12.5 Å². The molecule has 1 atom stereocenters. The zero-order valence-electron chi connectivity index (χ0n) is 8.64. The van der Waals surface area contributed by atoms with Gasteiger partial charge in [-0.25, -0.2) is 9.78 Å². The lowest BCUT2D eigenvalue weighted by Gasteiger charge is -2.12. The second kappa shape index (κ2) is 5.31. The van der Waals surface area contributed by atoms with E-state index >= 15 is 0 Å². The average molecular weight is 211 g/mol. The summed E-state index contributed by atoms with van der Waals surface area (Å²) < 4.78 is 10.2. The predicted octanol–water partition coefficient (Wildman–Crippen LogP) is 1.19. The molecule has 0 saturated heterocycles. The van der Waals surface area contributed by atoms with E-state index in [4.69, 9.17) is 14.6 Å². The maximum Gasteiger partial charge on any atom is 0.354 e. The molecule has 0 aliphatic rings. The maximum atomic E-state index is 10.6. The number of ether oxygens (including phenoxy) is 2. The Morgan fingerprint density at radius 1 is 1.60 bits per heavy atom. The number of pyridine rings is 1. The second-order valence-electron chi connectivity index (χ2n) is 3.05. The molecule has 5 nitrogen and oxygen atoms in total. The minimum absolute atomic E-state index is 0.0304. The summed E-state index contributed by atoms with van der Waals surface area (Å²) in [6.07, 6.45) is -0.161. The van der Waals surface area contributed by atoms with Gasteiger partial charge >= 0.3 is 5.97 Å². The van der Waals surface area contributed by atoms with Crippen molar-refractivity contribution in [2.45, 2.75) is 13.0 Å². The largest absolute Gasteiger partial charge is 0.477 e. The molecule has 0 fully saturated rings. The molecule has 1 unspecified atom stereocenters. The summed E-state index contributed by atoms with van der Waals surface area (Å²) in [5.74, 6) is -0.778. The van der Waals surface area contributed by atoms with Crippen LogP contribution < -0.4 is 4.74 Å². The number of aromatic nitrogens is 1. The Kier molecular flexibility index (Phi) is 4.05. The lowest BCUT2D eigenvalue weighted by molar-refractivity contribution is 0.0683. The van der Waals surface area contributed by atoms with Gasteiger partial charge in [0.15, 0.2) is 5.69 Å². The molecule has 5 heteroatoms. The van der Waals surface area contributed by atoms with Gasteiger partial charge < -0.3 is 14.6 Å². The van der Waals surface area contributed by atoms with Gasteiger partial charge in [-0.3, -0.25) is 0 Å². The molecule has 1 aromatic heterocycles. The summed E-state index contributed by atoms with van der Waals surface area (Å²) in [5, 5.41) is 8.70. The molecular weight excluding hydrogens is 198 g/mol. The first-order valence-electron chi connectivity index (χ1n) is 4.49. The predicted molar refractivity (Wildman–Crippen MR) is 53.2 cm³/mol. The molecule has 0 saturated carbocycles. The van der Waals surface area contributed by atoms with Crippen LogP contribution in [0.3, 0.4) is 0 Å². The number of methoxy groups -OCH3 is 1. The monoisotopic (exact) mass is 211 g/mol. The SMILES string of the molecule is COCC(C)Oc1cccc(C(=O)O)n1. The molecule has 0 amide bonds. The van der Waals surface area contributed by atoms with Crippen LogP contribution in [-0.4, -0.2) is 35.9 Å². The van der Waals surface area contributed by atoms with Gasteiger partial charge in [-0.15, -0.1) is 0 Å². The number of rotatable bonds is 5. The van der Waals surface area contributed by atoms with Crippen LogP contribution in [0.5, 0.6) is 5.88 Å². The minimum Gasteiger partial charge on any atom is -0.477 e. The smallest absolute Gasteiger partial charge is 0.354 e. The first kappa shape index (κ1) is 11.5. The third-order valence-electron chi connectivity index (χ3n) is 1.67. The van der Waals surface area contributed by atoms with Crippen molar-refractivity contribution in [2.24, 2.45) is 0 Å².